The lowest BCUT2D eigenvalue weighted by atomic mass is 9.87. The van der Waals surface area contributed by atoms with Gasteiger partial charge in [0.2, 0.25) is 11.9 Å². The summed E-state index contributed by atoms with van der Waals surface area (Å²) in [6.07, 6.45) is 2.40. The summed E-state index contributed by atoms with van der Waals surface area (Å²) in [5.41, 5.74) is 4.03. The van der Waals surface area contributed by atoms with Gasteiger partial charge < -0.3 is 10.6 Å². The van der Waals surface area contributed by atoms with Crippen molar-refractivity contribution in [3.63, 3.8) is 0 Å². The molecule has 0 fully saturated rings. The number of aryl methyl sites for hydroxylation is 1. The quantitative estimate of drug-likeness (QED) is 0.766. The molecule has 0 aliphatic carbocycles. The Balaban J connectivity index is 1.60. The van der Waals surface area contributed by atoms with Crippen LogP contribution in [-0.2, 0) is 11.2 Å². The maximum absolute atomic E-state index is 12.6. The SMILES string of the molecule is Cc1ccccc1C1Cc2cnc(Nc3ccccc3)nc2NC1=O. The second kappa shape index (κ2) is 6.36. The number of anilines is 3. The van der Waals surface area contributed by atoms with Gasteiger partial charge in [0.25, 0.3) is 0 Å². The normalized spacial score (nSPS) is 16.0. The number of amides is 1. The number of aromatic nitrogens is 2. The van der Waals surface area contributed by atoms with E-state index >= 15 is 0 Å². The van der Waals surface area contributed by atoms with Crippen molar-refractivity contribution < 1.29 is 4.79 Å². The topological polar surface area (TPSA) is 66.9 Å². The third kappa shape index (κ3) is 3.08. The molecule has 25 heavy (non-hydrogen) atoms. The molecule has 0 saturated heterocycles. The number of benzene rings is 2. The van der Waals surface area contributed by atoms with Gasteiger partial charge in [-0.25, -0.2) is 4.98 Å². The molecule has 1 atom stereocenters. The monoisotopic (exact) mass is 330 g/mol. The molecule has 4 rings (SSSR count). The number of rotatable bonds is 3. The third-order valence-electron chi connectivity index (χ3n) is 4.44. The van der Waals surface area contributed by atoms with E-state index in [1.807, 2.05) is 61.5 Å². The number of hydrogen-bond donors (Lipinski definition) is 2. The van der Waals surface area contributed by atoms with Crippen LogP contribution in [-0.4, -0.2) is 15.9 Å². The van der Waals surface area contributed by atoms with Crippen LogP contribution in [0.3, 0.4) is 0 Å². The minimum Gasteiger partial charge on any atom is -0.324 e. The Hall–Kier alpha value is -3.21. The fourth-order valence-corrected chi connectivity index (χ4v) is 3.12. The van der Waals surface area contributed by atoms with Gasteiger partial charge in [0.1, 0.15) is 5.82 Å². The van der Waals surface area contributed by atoms with Crippen molar-refractivity contribution >= 4 is 23.4 Å². The van der Waals surface area contributed by atoms with Crippen molar-refractivity contribution in [1.29, 1.82) is 0 Å². The molecule has 5 heteroatoms. The van der Waals surface area contributed by atoms with Crippen LogP contribution in [0.15, 0.2) is 60.8 Å². The molecule has 1 aliphatic heterocycles. The van der Waals surface area contributed by atoms with Crippen LogP contribution < -0.4 is 10.6 Å². The van der Waals surface area contributed by atoms with Crippen molar-refractivity contribution in [2.24, 2.45) is 0 Å². The first-order chi connectivity index (χ1) is 12.2. The fourth-order valence-electron chi connectivity index (χ4n) is 3.12. The molecule has 0 saturated carbocycles. The second-order valence-electron chi connectivity index (χ2n) is 6.16. The Morgan fingerprint density at radius 3 is 2.64 bits per heavy atom. The summed E-state index contributed by atoms with van der Waals surface area (Å²) in [6.45, 7) is 2.03. The van der Waals surface area contributed by atoms with Gasteiger partial charge >= 0.3 is 0 Å². The first-order valence-corrected chi connectivity index (χ1v) is 8.25. The molecule has 1 aliphatic rings. The lowest BCUT2D eigenvalue weighted by molar-refractivity contribution is -0.117. The molecule has 1 aromatic heterocycles. The molecule has 124 valence electrons. The van der Waals surface area contributed by atoms with E-state index in [1.165, 1.54) is 0 Å². The number of para-hydroxylation sites is 1. The molecular weight excluding hydrogens is 312 g/mol. The second-order valence-corrected chi connectivity index (χ2v) is 6.16. The fraction of sp³-hybridized carbons (Fsp3) is 0.150. The number of hydrogen-bond acceptors (Lipinski definition) is 4. The summed E-state index contributed by atoms with van der Waals surface area (Å²) in [4.78, 5) is 21.4. The molecule has 3 aromatic rings. The number of nitrogens with one attached hydrogen (secondary N) is 2. The van der Waals surface area contributed by atoms with Crippen LogP contribution in [0.25, 0.3) is 0 Å². The molecular formula is C20H18N4O. The first-order valence-electron chi connectivity index (χ1n) is 8.25. The number of carbonyl (C=O) groups is 1. The van der Waals surface area contributed by atoms with E-state index in [9.17, 15) is 4.79 Å². The highest BCUT2D eigenvalue weighted by Crippen LogP contribution is 2.32. The Labute approximate surface area is 146 Å². The van der Waals surface area contributed by atoms with Gasteiger partial charge in [-0.1, -0.05) is 42.5 Å². The molecule has 0 bridgehead atoms. The number of nitrogens with zero attached hydrogens (tertiary/aromatic N) is 2. The molecule has 1 amide bonds. The third-order valence-corrected chi connectivity index (χ3v) is 4.44. The molecule has 0 spiro atoms. The molecule has 0 radical (unpaired) electrons. The Morgan fingerprint density at radius 1 is 1.08 bits per heavy atom. The molecule has 2 N–H and O–H groups in total. The molecule has 5 nitrogen and oxygen atoms in total. The zero-order valence-electron chi connectivity index (χ0n) is 13.9. The van der Waals surface area contributed by atoms with Crippen molar-refractivity contribution in [1.82, 2.24) is 9.97 Å². The van der Waals surface area contributed by atoms with Crippen LogP contribution in [0.4, 0.5) is 17.5 Å². The predicted octanol–water partition coefficient (Wildman–Crippen LogP) is 3.81. The zero-order valence-corrected chi connectivity index (χ0v) is 13.9. The van der Waals surface area contributed by atoms with E-state index in [0.29, 0.717) is 18.2 Å². The first kappa shape index (κ1) is 15.3. The summed E-state index contributed by atoms with van der Waals surface area (Å²) in [6, 6.07) is 17.7. The zero-order chi connectivity index (χ0) is 17.2. The average Bonchev–Trinajstić information content (AvgIpc) is 2.63. The van der Waals surface area contributed by atoms with Crippen LogP contribution >= 0.6 is 0 Å². The number of carbonyl (C=O) groups excluding carboxylic acids is 1. The molecule has 1 unspecified atom stereocenters. The summed E-state index contributed by atoms with van der Waals surface area (Å²) in [5, 5.41) is 6.08. The van der Waals surface area contributed by atoms with Crippen molar-refractivity contribution in [2.45, 2.75) is 19.3 Å². The van der Waals surface area contributed by atoms with Gasteiger partial charge in [-0.15, -0.1) is 0 Å². The van der Waals surface area contributed by atoms with Gasteiger partial charge in [0.05, 0.1) is 5.92 Å². The highest BCUT2D eigenvalue weighted by Gasteiger charge is 2.29. The Kier molecular flexibility index (Phi) is 3.90. The minimum atomic E-state index is -0.203. The summed E-state index contributed by atoms with van der Waals surface area (Å²) >= 11 is 0. The number of fused-ring (bicyclic) bond motifs is 1. The minimum absolute atomic E-state index is 0.0221. The van der Waals surface area contributed by atoms with Crippen LogP contribution in [0.2, 0.25) is 0 Å². The van der Waals surface area contributed by atoms with E-state index in [4.69, 9.17) is 0 Å². The van der Waals surface area contributed by atoms with Crippen molar-refractivity contribution in [3.05, 3.63) is 77.5 Å². The summed E-state index contributed by atoms with van der Waals surface area (Å²) in [5.74, 6) is 0.833. The lowest BCUT2D eigenvalue weighted by Crippen LogP contribution is -2.29. The average molecular weight is 330 g/mol. The van der Waals surface area contributed by atoms with Crippen molar-refractivity contribution in [3.8, 4) is 0 Å². The van der Waals surface area contributed by atoms with Gasteiger partial charge in [-0.2, -0.15) is 4.98 Å². The maximum atomic E-state index is 12.6. The van der Waals surface area contributed by atoms with Gasteiger partial charge in [-0.3, -0.25) is 4.79 Å². The standard InChI is InChI=1S/C20H18N4O/c1-13-7-5-6-10-16(13)17-11-14-12-21-20(24-18(14)23-19(17)25)22-15-8-3-2-4-9-15/h2-10,12,17H,11H2,1H3,(H2,21,22,23,24,25). The Morgan fingerprint density at radius 2 is 1.84 bits per heavy atom. The van der Waals surface area contributed by atoms with E-state index < -0.39 is 0 Å². The molecule has 2 heterocycles. The van der Waals surface area contributed by atoms with Crippen LogP contribution in [0, 0.1) is 6.92 Å². The van der Waals surface area contributed by atoms with Gasteiger partial charge in [0, 0.05) is 17.4 Å². The lowest BCUT2D eigenvalue weighted by Gasteiger charge is -2.25. The summed E-state index contributed by atoms with van der Waals surface area (Å²) < 4.78 is 0. The van der Waals surface area contributed by atoms with E-state index in [2.05, 4.69) is 20.6 Å². The van der Waals surface area contributed by atoms with Crippen LogP contribution in [0.1, 0.15) is 22.6 Å². The van der Waals surface area contributed by atoms with E-state index in [0.717, 1.165) is 22.4 Å². The van der Waals surface area contributed by atoms with Crippen LogP contribution in [0.5, 0.6) is 0 Å². The highest BCUT2D eigenvalue weighted by atomic mass is 16.2. The predicted molar refractivity (Wildman–Crippen MR) is 98.0 cm³/mol. The van der Waals surface area contributed by atoms with Gasteiger partial charge in [-0.05, 0) is 36.6 Å². The Bertz CT molecular complexity index is 924. The molecule has 2 aromatic carbocycles. The van der Waals surface area contributed by atoms with Crippen molar-refractivity contribution in [2.75, 3.05) is 10.6 Å². The summed E-state index contributed by atoms with van der Waals surface area (Å²) in [7, 11) is 0. The van der Waals surface area contributed by atoms with E-state index in [1.54, 1.807) is 6.20 Å². The van der Waals surface area contributed by atoms with Gasteiger partial charge in [0.15, 0.2) is 0 Å². The maximum Gasteiger partial charge on any atom is 0.233 e. The highest BCUT2D eigenvalue weighted by molar-refractivity contribution is 5.98. The largest absolute Gasteiger partial charge is 0.324 e. The smallest absolute Gasteiger partial charge is 0.233 e. The van der Waals surface area contributed by atoms with E-state index in [-0.39, 0.29) is 11.8 Å².